The van der Waals surface area contributed by atoms with Crippen LogP contribution in [0.3, 0.4) is 0 Å². The van der Waals surface area contributed by atoms with E-state index in [0.29, 0.717) is 0 Å². The molecule has 0 amide bonds. The molecule has 1 atom stereocenters. The summed E-state index contributed by atoms with van der Waals surface area (Å²) < 4.78 is 5.01. The van der Waals surface area contributed by atoms with Crippen molar-refractivity contribution < 1.29 is 14.4 Å². The molecule has 0 radical (unpaired) electrons. The lowest BCUT2D eigenvalue weighted by atomic mass is 10.3. The number of hydrogen-bond acceptors (Lipinski definition) is 11. The summed E-state index contributed by atoms with van der Waals surface area (Å²) >= 11 is 0. The Morgan fingerprint density at radius 3 is 2.45 bits per heavy atom. The summed E-state index contributed by atoms with van der Waals surface area (Å²) in [5.41, 5.74) is 16.2. The SMILES string of the molecule is NCC(CON)OC(=O)CCNc1nc(N)nc(N)n1. The predicted octanol–water partition coefficient (Wildman–Crippen LogP) is -2.40. The molecule has 1 aromatic heterocycles. The normalized spacial score (nSPS) is 11.9. The van der Waals surface area contributed by atoms with Crippen LogP contribution in [-0.2, 0) is 14.4 Å². The molecule has 0 bridgehead atoms. The van der Waals surface area contributed by atoms with Crippen LogP contribution in [-0.4, -0.2) is 46.7 Å². The van der Waals surface area contributed by atoms with Crippen LogP contribution in [0.1, 0.15) is 6.42 Å². The number of nitrogen functional groups attached to an aromatic ring is 2. The number of nitrogens with two attached hydrogens (primary N) is 4. The van der Waals surface area contributed by atoms with Crippen molar-refractivity contribution in [2.75, 3.05) is 36.5 Å². The smallest absolute Gasteiger partial charge is 0.307 e. The summed E-state index contributed by atoms with van der Waals surface area (Å²) in [5.74, 6) is 4.59. The molecular weight excluding hydrogens is 268 g/mol. The van der Waals surface area contributed by atoms with E-state index in [9.17, 15) is 4.79 Å². The van der Waals surface area contributed by atoms with Crippen molar-refractivity contribution in [1.82, 2.24) is 15.0 Å². The molecule has 11 nitrogen and oxygen atoms in total. The first-order valence-electron chi connectivity index (χ1n) is 5.77. The Morgan fingerprint density at radius 2 is 1.90 bits per heavy atom. The Kier molecular flexibility index (Phi) is 6.36. The largest absolute Gasteiger partial charge is 0.458 e. The van der Waals surface area contributed by atoms with E-state index in [4.69, 9.17) is 27.8 Å². The number of carbonyl (C=O) groups excluding carboxylic acids is 1. The molecule has 0 aliphatic rings. The van der Waals surface area contributed by atoms with E-state index in [0.717, 1.165) is 0 Å². The zero-order chi connectivity index (χ0) is 15.0. The van der Waals surface area contributed by atoms with Crippen molar-refractivity contribution in [1.29, 1.82) is 0 Å². The standard InChI is InChI=1S/C9H18N8O3/c10-3-5(4-19-13)20-6(18)1-2-14-9-16-7(11)15-8(12)17-9/h5H,1-4,10,13H2,(H5,11,12,14,15,16,17). The predicted molar refractivity (Wildman–Crippen MR) is 70.8 cm³/mol. The summed E-state index contributed by atoms with van der Waals surface area (Å²) in [5, 5.41) is 2.77. The molecule has 112 valence electrons. The Morgan fingerprint density at radius 1 is 1.25 bits per heavy atom. The summed E-state index contributed by atoms with van der Waals surface area (Å²) in [6, 6.07) is 0. The second-order valence-corrected chi connectivity index (χ2v) is 3.73. The number of aromatic nitrogens is 3. The molecule has 0 fully saturated rings. The lowest BCUT2D eigenvalue weighted by Gasteiger charge is -2.14. The highest BCUT2D eigenvalue weighted by Gasteiger charge is 2.12. The molecule has 20 heavy (non-hydrogen) atoms. The van der Waals surface area contributed by atoms with Crippen LogP contribution in [0, 0.1) is 0 Å². The van der Waals surface area contributed by atoms with E-state index in [1.165, 1.54) is 0 Å². The molecule has 9 N–H and O–H groups in total. The Hall–Kier alpha value is -2.24. The second-order valence-electron chi connectivity index (χ2n) is 3.73. The monoisotopic (exact) mass is 286 g/mol. The van der Waals surface area contributed by atoms with Gasteiger partial charge in [0.05, 0.1) is 6.42 Å². The van der Waals surface area contributed by atoms with E-state index >= 15 is 0 Å². The van der Waals surface area contributed by atoms with Gasteiger partial charge in [0.1, 0.15) is 12.7 Å². The maximum atomic E-state index is 11.5. The van der Waals surface area contributed by atoms with Crippen molar-refractivity contribution in [3.8, 4) is 0 Å². The fourth-order valence-electron chi connectivity index (χ4n) is 1.27. The summed E-state index contributed by atoms with van der Waals surface area (Å²) in [6.45, 7) is 0.398. The summed E-state index contributed by atoms with van der Waals surface area (Å²) in [7, 11) is 0. The van der Waals surface area contributed by atoms with Gasteiger partial charge in [-0.2, -0.15) is 15.0 Å². The topological polar surface area (TPSA) is 190 Å². The van der Waals surface area contributed by atoms with Crippen LogP contribution in [0.5, 0.6) is 0 Å². The van der Waals surface area contributed by atoms with Crippen LogP contribution in [0.25, 0.3) is 0 Å². The van der Waals surface area contributed by atoms with Crippen LogP contribution in [0.2, 0.25) is 0 Å². The average Bonchev–Trinajstić information content (AvgIpc) is 2.37. The average molecular weight is 286 g/mol. The van der Waals surface area contributed by atoms with Crippen molar-refractivity contribution in [3.63, 3.8) is 0 Å². The number of carbonyl (C=O) groups is 1. The number of rotatable bonds is 8. The van der Waals surface area contributed by atoms with Gasteiger partial charge in [0, 0.05) is 13.1 Å². The molecule has 1 aromatic rings. The zero-order valence-corrected chi connectivity index (χ0v) is 10.8. The molecule has 0 aliphatic carbocycles. The third-order valence-corrected chi connectivity index (χ3v) is 2.13. The van der Waals surface area contributed by atoms with Crippen molar-refractivity contribution in [2.24, 2.45) is 11.6 Å². The van der Waals surface area contributed by atoms with Gasteiger partial charge in [-0.25, -0.2) is 5.90 Å². The maximum Gasteiger partial charge on any atom is 0.307 e. The lowest BCUT2D eigenvalue weighted by molar-refractivity contribution is -0.151. The number of ether oxygens (including phenoxy) is 1. The van der Waals surface area contributed by atoms with Crippen molar-refractivity contribution in [3.05, 3.63) is 0 Å². The number of nitrogens with one attached hydrogen (secondary N) is 1. The molecule has 0 aliphatic heterocycles. The van der Waals surface area contributed by atoms with E-state index in [2.05, 4.69) is 25.1 Å². The number of esters is 1. The minimum absolute atomic E-state index is 0.00846. The first-order valence-corrected chi connectivity index (χ1v) is 5.77. The van der Waals surface area contributed by atoms with Gasteiger partial charge in [-0.05, 0) is 0 Å². The summed E-state index contributed by atoms with van der Waals surface area (Å²) in [6.07, 6.45) is -0.497. The van der Waals surface area contributed by atoms with Crippen LogP contribution >= 0.6 is 0 Å². The highest BCUT2D eigenvalue weighted by Crippen LogP contribution is 2.03. The van der Waals surface area contributed by atoms with Crippen LogP contribution < -0.4 is 28.4 Å². The Balaban J connectivity index is 2.34. The molecule has 0 saturated carbocycles. The Bertz CT molecular complexity index is 423. The lowest BCUT2D eigenvalue weighted by Crippen LogP contribution is -2.32. The fraction of sp³-hybridized carbons (Fsp3) is 0.556. The molecular formula is C9H18N8O3. The highest BCUT2D eigenvalue weighted by atomic mass is 16.6. The quantitative estimate of drug-likeness (QED) is 0.253. The van der Waals surface area contributed by atoms with E-state index in [-0.39, 0.29) is 44.0 Å². The van der Waals surface area contributed by atoms with E-state index < -0.39 is 12.1 Å². The van der Waals surface area contributed by atoms with Crippen molar-refractivity contribution >= 4 is 23.8 Å². The third kappa shape index (κ3) is 5.60. The van der Waals surface area contributed by atoms with Crippen molar-refractivity contribution in [2.45, 2.75) is 12.5 Å². The number of hydrogen-bond donors (Lipinski definition) is 5. The maximum absolute atomic E-state index is 11.5. The molecule has 0 aromatic carbocycles. The van der Waals surface area contributed by atoms with Gasteiger partial charge in [-0.15, -0.1) is 0 Å². The van der Waals surface area contributed by atoms with E-state index in [1.54, 1.807) is 0 Å². The first kappa shape index (κ1) is 15.8. The van der Waals surface area contributed by atoms with Gasteiger partial charge in [-0.3, -0.25) is 4.79 Å². The van der Waals surface area contributed by atoms with Gasteiger partial charge >= 0.3 is 5.97 Å². The van der Waals surface area contributed by atoms with Gasteiger partial charge in [0.15, 0.2) is 0 Å². The molecule has 0 spiro atoms. The first-order chi connectivity index (χ1) is 9.55. The number of anilines is 3. The Labute approximate surface area is 115 Å². The second kappa shape index (κ2) is 8.04. The van der Waals surface area contributed by atoms with Crippen LogP contribution in [0.15, 0.2) is 0 Å². The summed E-state index contributed by atoms with van der Waals surface area (Å²) in [4.78, 5) is 27.1. The molecule has 11 heteroatoms. The zero-order valence-electron chi connectivity index (χ0n) is 10.8. The molecule has 1 heterocycles. The van der Waals surface area contributed by atoms with Gasteiger partial charge in [0.2, 0.25) is 17.8 Å². The van der Waals surface area contributed by atoms with Gasteiger partial charge < -0.3 is 32.1 Å². The minimum Gasteiger partial charge on any atom is -0.458 e. The third-order valence-electron chi connectivity index (χ3n) is 2.13. The minimum atomic E-state index is -0.573. The van der Waals surface area contributed by atoms with E-state index in [1.807, 2.05) is 0 Å². The highest BCUT2D eigenvalue weighted by molar-refractivity contribution is 5.70. The molecule has 0 saturated heterocycles. The molecule has 1 rings (SSSR count). The van der Waals surface area contributed by atoms with Crippen LogP contribution in [0.4, 0.5) is 17.8 Å². The number of nitrogens with zero attached hydrogens (tertiary/aromatic N) is 3. The van der Waals surface area contributed by atoms with Gasteiger partial charge in [0.25, 0.3) is 0 Å². The van der Waals surface area contributed by atoms with Gasteiger partial charge in [-0.1, -0.05) is 0 Å². The molecule has 1 unspecified atom stereocenters. The fourth-order valence-corrected chi connectivity index (χ4v) is 1.27.